The second-order valence-electron chi connectivity index (χ2n) is 6.27. The summed E-state index contributed by atoms with van der Waals surface area (Å²) in [6.07, 6.45) is 1.90. The van der Waals surface area contributed by atoms with E-state index >= 15 is 0 Å². The summed E-state index contributed by atoms with van der Waals surface area (Å²) >= 11 is 1.18. The fraction of sp³-hybridized carbons (Fsp3) is 0.471. The lowest BCUT2D eigenvalue weighted by Crippen LogP contribution is -2.28. The number of carbonyl (C=O) groups excluding carboxylic acids is 2. The minimum absolute atomic E-state index is 0.0477. The van der Waals surface area contributed by atoms with Gasteiger partial charge in [0.1, 0.15) is 16.7 Å². The molecule has 2 aliphatic rings. The molecule has 2 amide bonds. The van der Waals surface area contributed by atoms with Crippen molar-refractivity contribution in [3.63, 3.8) is 0 Å². The molecule has 0 aromatic heterocycles. The topological polar surface area (TPSA) is 132 Å². The molecule has 1 aromatic rings. The van der Waals surface area contributed by atoms with Crippen molar-refractivity contribution in [2.24, 2.45) is 4.99 Å². The number of amides is 2. The molecule has 2 saturated heterocycles. The molecule has 0 saturated carbocycles. The van der Waals surface area contributed by atoms with Gasteiger partial charge in [-0.25, -0.2) is 0 Å². The number of ether oxygens (including phenoxy) is 2. The summed E-state index contributed by atoms with van der Waals surface area (Å²) < 4.78 is 10.5. The van der Waals surface area contributed by atoms with Crippen LogP contribution < -0.4 is 15.4 Å². The second kappa shape index (κ2) is 9.02. The van der Waals surface area contributed by atoms with Crippen molar-refractivity contribution in [1.29, 1.82) is 0 Å². The number of hydrogen-bond donors (Lipinski definition) is 2. The van der Waals surface area contributed by atoms with Crippen LogP contribution in [0.1, 0.15) is 19.3 Å². The Morgan fingerprint density at radius 3 is 3.04 bits per heavy atom. The number of benzene rings is 1. The van der Waals surface area contributed by atoms with Crippen LogP contribution in [-0.4, -0.2) is 53.5 Å². The standard InChI is InChI=1S/C17H20N4O6S/c1-26-10-4-5-12(13(7-10)21(24)25)19-15(22)8-14-16(23)20-17(28-14)18-9-11-3-2-6-27-11/h4-5,7,11,14H,2-3,6,8-9H2,1H3,(H,19,22)(H,18,20,23)/t11-,14+/m0/s1. The predicted molar refractivity (Wildman–Crippen MR) is 104 cm³/mol. The van der Waals surface area contributed by atoms with Gasteiger partial charge in [0.2, 0.25) is 11.8 Å². The van der Waals surface area contributed by atoms with E-state index in [0.717, 1.165) is 19.4 Å². The van der Waals surface area contributed by atoms with Gasteiger partial charge in [-0.3, -0.25) is 24.7 Å². The molecule has 1 aromatic carbocycles. The average molecular weight is 408 g/mol. The molecule has 2 heterocycles. The largest absolute Gasteiger partial charge is 0.496 e. The first-order chi connectivity index (χ1) is 13.5. The van der Waals surface area contributed by atoms with Gasteiger partial charge >= 0.3 is 0 Å². The lowest BCUT2D eigenvalue weighted by atomic mass is 10.2. The van der Waals surface area contributed by atoms with Crippen LogP contribution in [0.25, 0.3) is 0 Å². The number of nitro benzene ring substituents is 1. The number of nitro groups is 1. The third-order valence-corrected chi connectivity index (χ3v) is 5.41. The van der Waals surface area contributed by atoms with E-state index in [0.29, 0.717) is 17.5 Å². The number of thioether (sulfide) groups is 1. The van der Waals surface area contributed by atoms with Crippen molar-refractivity contribution in [1.82, 2.24) is 5.32 Å². The number of rotatable bonds is 7. The van der Waals surface area contributed by atoms with Crippen molar-refractivity contribution in [3.8, 4) is 5.75 Å². The molecule has 3 rings (SSSR count). The highest BCUT2D eigenvalue weighted by atomic mass is 32.2. The summed E-state index contributed by atoms with van der Waals surface area (Å²) in [5.74, 6) is -0.501. The Balaban J connectivity index is 1.58. The molecule has 10 nitrogen and oxygen atoms in total. The average Bonchev–Trinajstić information content (AvgIpc) is 3.30. The molecule has 11 heteroatoms. The summed E-state index contributed by atoms with van der Waals surface area (Å²) in [5, 5.41) is 16.2. The van der Waals surface area contributed by atoms with Crippen molar-refractivity contribution < 1.29 is 24.0 Å². The number of nitrogens with one attached hydrogen (secondary N) is 2. The van der Waals surface area contributed by atoms with Gasteiger partial charge in [0.15, 0.2) is 5.17 Å². The quantitative estimate of drug-likeness (QED) is 0.518. The molecule has 0 spiro atoms. The summed E-state index contributed by atoms with van der Waals surface area (Å²) in [6.45, 7) is 1.20. The fourth-order valence-electron chi connectivity index (χ4n) is 2.85. The molecule has 0 bridgehead atoms. The van der Waals surface area contributed by atoms with Crippen molar-refractivity contribution >= 4 is 40.1 Å². The van der Waals surface area contributed by atoms with Crippen LogP contribution in [0.5, 0.6) is 5.75 Å². The van der Waals surface area contributed by atoms with E-state index in [9.17, 15) is 19.7 Å². The molecule has 0 aliphatic carbocycles. The summed E-state index contributed by atoms with van der Waals surface area (Å²) in [4.78, 5) is 39.3. The molecule has 150 valence electrons. The minimum Gasteiger partial charge on any atom is -0.496 e. The van der Waals surface area contributed by atoms with Gasteiger partial charge in [0.05, 0.1) is 30.7 Å². The molecular formula is C17H20N4O6S. The number of methoxy groups -OCH3 is 1. The molecule has 0 unspecified atom stereocenters. The Bertz CT molecular complexity index is 809. The Morgan fingerprint density at radius 1 is 1.54 bits per heavy atom. The molecule has 28 heavy (non-hydrogen) atoms. The number of hydrogen-bond acceptors (Lipinski definition) is 8. The zero-order valence-electron chi connectivity index (χ0n) is 15.2. The number of carbonyl (C=O) groups is 2. The first-order valence-electron chi connectivity index (χ1n) is 8.72. The lowest BCUT2D eigenvalue weighted by Gasteiger charge is -2.09. The Kier molecular flexibility index (Phi) is 6.47. The smallest absolute Gasteiger partial charge is 0.296 e. The summed E-state index contributed by atoms with van der Waals surface area (Å²) in [6, 6.07) is 4.13. The summed E-state index contributed by atoms with van der Waals surface area (Å²) in [7, 11) is 1.39. The van der Waals surface area contributed by atoms with Crippen molar-refractivity contribution in [3.05, 3.63) is 28.3 Å². The van der Waals surface area contributed by atoms with Gasteiger partial charge < -0.3 is 20.1 Å². The van der Waals surface area contributed by atoms with Crippen LogP contribution >= 0.6 is 11.8 Å². The number of nitrogens with zero attached hydrogens (tertiary/aromatic N) is 2. The van der Waals surface area contributed by atoms with E-state index in [-0.39, 0.29) is 29.8 Å². The van der Waals surface area contributed by atoms with Gasteiger partial charge in [0, 0.05) is 13.0 Å². The molecule has 2 atom stereocenters. The lowest BCUT2D eigenvalue weighted by molar-refractivity contribution is -0.384. The van der Waals surface area contributed by atoms with E-state index < -0.39 is 16.1 Å². The zero-order valence-corrected chi connectivity index (χ0v) is 16.0. The van der Waals surface area contributed by atoms with E-state index in [2.05, 4.69) is 15.6 Å². The van der Waals surface area contributed by atoms with Gasteiger partial charge in [-0.05, 0) is 25.0 Å². The third-order valence-electron chi connectivity index (χ3n) is 4.29. The van der Waals surface area contributed by atoms with Crippen LogP contribution in [0.4, 0.5) is 11.4 Å². The van der Waals surface area contributed by atoms with Crippen LogP contribution in [0.3, 0.4) is 0 Å². The number of anilines is 1. The van der Waals surface area contributed by atoms with Crippen molar-refractivity contribution in [2.45, 2.75) is 30.6 Å². The van der Waals surface area contributed by atoms with E-state index in [1.807, 2.05) is 0 Å². The molecule has 2 N–H and O–H groups in total. The molecule has 2 fully saturated rings. The number of aliphatic imine (C=N–C) groups is 1. The van der Waals surface area contributed by atoms with E-state index in [1.165, 1.54) is 37.1 Å². The van der Waals surface area contributed by atoms with Crippen LogP contribution in [0, 0.1) is 10.1 Å². The van der Waals surface area contributed by atoms with E-state index in [4.69, 9.17) is 9.47 Å². The van der Waals surface area contributed by atoms with Crippen molar-refractivity contribution in [2.75, 3.05) is 25.6 Å². The summed E-state index contributed by atoms with van der Waals surface area (Å²) in [5.41, 5.74) is -0.235. The fourth-order valence-corrected chi connectivity index (χ4v) is 3.83. The van der Waals surface area contributed by atoms with Crippen LogP contribution in [-0.2, 0) is 14.3 Å². The maximum atomic E-state index is 12.3. The Hall–Kier alpha value is -2.66. The second-order valence-corrected chi connectivity index (χ2v) is 7.46. The third kappa shape index (κ3) is 4.98. The monoisotopic (exact) mass is 408 g/mol. The molecule has 0 radical (unpaired) electrons. The first-order valence-corrected chi connectivity index (χ1v) is 9.60. The predicted octanol–water partition coefficient (Wildman–Crippen LogP) is 1.70. The van der Waals surface area contributed by atoms with Gasteiger partial charge in [-0.15, -0.1) is 0 Å². The SMILES string of the molecule is COc1ccc(NC(=O)C[C@H]2SC(=NC[C@@H]3CCCO3)NC2=O)c([N+](=O)[O-])c1. The number of amidine groups is 1. The van der Waals surface area contributed by atoms with Crippen LogP contribution in [0.2, 0.25) is 0 Å². The normalized spacial score (nSPS) is 22.9. The Morgan fingerprint density at radius 2 is 2.36 bits per heavy atom. The molecular weight excluding hydrogens is 388 g/mol. The first kappa shape index (κ1) is 20.1. The van der Waals surface area contributed by atoms with Crippen LogP contribution in [0.15, 0.2) is 23.2 Å². The van der Waals surface area contributed by atoms with Gasteiger partial charge in [0.25, 0.3) is 5.69 Å². The van der Waals surface area contributed by atoms with E-state index in [1.54, 1.807) is 0 Å². The van der Waals surface area contributed by atoms with Gasteiger partial charge in [-0.1, -0.05) is 11.8 Å². The highest BCUT2D eigenvalue weighted by molar-refractivity contribution is 8.15. The minimum atomic E-state index is -0.638. The van der Waals surface area contributed by atoms with Gasteiger partial charge in [-0.2, -0.15) is 0 Å². The maximum absolute atomic E-state index is 12.3. The molecule has 2 aliphatic heterocycles. The maximum Gasteiger partial charge on any atom is 0.296 e. The zero-order chi connectivity index (χ0) is 20.1. The highest BCUT2D eigenvalue weighted by Gasteiger charge is 2.32. The Labute approximate surface area is 165 Å². The highest BCUT2D eigenvalue weighted by Crippen LogP contribution is 2.30.